The molecule has 0 aliphatic heterocycles. The van der Waals surface area contributed by atoms with Crippen LogP contribution in [-0.4, -0.2) is 26.8 Å². The molecule has 3 rings (SSSR count). The number of rotatable bonds is 3. The van der Waals surface area contributed by atoms with Gasteiger partial charge in [0.25, 0.3) is 0 Å². The Morgan fingerprint density at radius 3 is 2.72 bits per heavy atom. The number of aromatic nitrogens is 2. The average Bonchev–Trinajstić information content (AvgIpc) is 3.03. The summed E-state index contributed by atoms with van der Waals surface area (Å²) in [7, 11) is 0. The molecule has 1 aliphatic carbocycles. The maximum Gasteiger partial charge on any atom is 0.432 e. The molecule has 0 amide bonds. The van der Waals surface area contributed by atoms with Crippen molar-refractivity contribution in [2.75, 3.05) is 0 Å². The Labute approximate surface area is 142 Å². The van der Waals surface area contributed by atoms with Gasteiger partial charge in [-0.1, -0.05) is 6.08 Å². The molecule has 0 bridgehead atoms. The highest BCUT2D eigenvalue weighted by molar-refractivity contribution is 6.11. The second-order valence-corrected chi connectivity index (χ2v) is 5.84. The van der Waals surface area contributed by atoms with Gasteiger partial charge in [0.1, 0.15) is 11.9 Å². The van der Waals surface area contributed by atoms with Crippen molar-refractivity contribution in [3.05, 3.63) is 64.7 Å². The van der Waals surface area contributed by atoms with Crippen molar-refractivity contribution in [1.29, 1.82) is 5.26 Å². The highest BCUT2D eigenvalue weighted by atomic mass is 19.1. The summed E-state index contributed by atoms with van der Waals surface area (Å²) in [5.41, 5.74) is 1.72. The smallest absolute Gasteiger partial charge is 0.432 e. The van der Waals surface area contributed by atoms with Gasteiger partial charge < -0.3 is 5.11 Å². The van der Waals surface area contributed by atoms with E-state index in [4.69, 9.17) is 5.11 Å². The van der Waals surface area contributed by atoms with Gasteiger partial charge in [-0.3, -0.25) is 4.79 Å². The molecule has 2 aromatic rings. The van der Waals surface area contributed by atoms with Crippen molar-refractivity contribution in [2.24, 2.45) is 5.92 Å². The van der Waals surface area contributed by atoms with E-state index in [9.17, 15) is 19.2 Å². The minimum atomic E-state index is -1.13. The molecular weight excluding hydrogens is 325 g/mol. The summed E-state index contributed by atoms with van der Waals surface area (Å²) in [4.78, 5) is 23.5. The van der Waals surface area contributed by atoms with E-state index in [2.05, 4.69) is 5.10 Å². The van der Waals surface area contributed by atoms with Gasteiger partial charge in [0.05, 0.1) is 17.5 Å². The number of carbonyl (C=O) groups excluding carboxylic acids is 1. The van der Waals surface area contributed by atoms with Crippen LogP contribution in [0.25, 0.3) is 0 Å². The minimum Gasteiger partial charge on any atom is -0.463 e. The number of ketones is 1. The summed E-state index contributed by atoms with van der Waals surface area (Å²) in [5.74, 6) is -0.957. The second kappa shape index (κ2) is 6.69. The zero-order valence-corrected chi connectivity index (χ0v) is 13.1. The Morgan fingerprint density at radius 2 is 2.08 bits per heavy atom. The van der Waals surface area contributed by atoms with Crippen LogP contribution < -0.4 is 0 Å². The van der Waals surface area contributed by atoms with Crippen molar-refractivity contribution >= 4 is 11.9 Å². The Morgan fingerprint density at radius 1 is 1.36 bits per heavy atom. The number of carboxylic acid groups (broad SMARTS) is 1. The number of benzene rings is 1. The van der Waals surface area contributed by atoms with E-state index in [1.54, 1.807) is 6.08 Å². The van der Waals surface area contributed by atoms with Crippen LogP contribution in [0.3, 0.4) is 0 Å². The third-order valence-corrected chi connectivity index (χ3v) is 4.24. The van der Waals surface area contributed by atoms with E-state index in [1.165, 1.54) is 30.5 Å². The first-order valence-corrected chi connectivity index (χ1v) is 7.71. The molecule has 0 radical (unpaired) electrons. The minimum absolute atomic E-state index is 0.00526. The molecule has 126 valence electrons. The summed E-state index contributed by atoms with van der Waals surface area (Å²) >= 11 is 0. The number of halogens is 1. The molecule has 1 N–H and O–H groups in total. The summed E-state index contributed by atoms with van der Waals surface area (Å²) in [6.45, 7) is 0. The third-order valence-electron chi connectivity index (χ3n) is 4.24. The predicted molar refractivity (Wildman–Crippen MR) is 85.6 cm³/mol. The van der Waals surface area contributed by atoms with Crippen LogP contribution in [0.1, 0.15) is 28.0 Å². The van der Waals surface area contributed by atoms with Gasteiger partial charge in [0, 0.05) is 5.56 Å². The van der Waals surface area contributed by atoms with Crippen molar-refractivity contribution < 1.29 is 19.1 Å². The number of allylic oxidation sites excluding steroid dienone is 2. The van der Waals surface area contributed by atoms with Gasteiger partial charge in [-0.15, -0.1) is 0 Å². The standard InChI is InChI=1S/C18H14FN3O3/c19-15-4-2-12(3-5-15)17(23)13(9-20)7-11-1-6-16-14(8-11)10-21-22(16)18(24)25/h2-5,7,10-11H,1,6,8H2,(H,24,25). The monoisotopic (exact) mass is 339 g/mol. The first kappa shape index (κ1) is 16.6. The molecule has 0 fully saturated rings. The molecule has 0 saturated carbocycles. The zero-order chi connectivity index (χ0) is 18.0. The first-order chi connectivity index (χ1) is 12.0. The van der Waals surface area contributed by atoms with Crippen LogP contribution in [0.15, 0.2) is 42.1 Å². The van der Waals surface area contributed by atoms with Crippen molar-refractivity contribution in [3.8, 4) is 6.07 Å². The number of Topliss-reactive ketones (excluding diaryl/α,β-unsaturated/α-hetero) is 1. The maximum absolute atomic E-state index is 13.0. The topological polar surface area (TPSA) is 96.0 Å². The molecule has 1 atom stereocenters. The lowest BCUT2D eigenvalue weighted by molar-refractivity contribution is 0.103. The van der Waals surface area contributed by atoms with Gasteiger partial charge >= 0.3 is 6.09 Å². The molecule has 1 heterocycles. The normalized spacial score (nSPS) is 16.8. The highest BCUT2D eigenvalue weighted by Crippen LogP contribution is 2.27. The molecule has 7 heteroatoms. The maximum atomic E-state index is 13.0. The number of nitrogens with zero attached hydrogens (tertiary/aromatic N) is 3. The van der Waals surface area contributed by atoms with Crippen molar-refractivity contribution in [2.45, 2.75) is 19.3 Å². The number of nitriles is 1. The number of carbonyl (C=O) groups is 2. The van der Waals surface area contributed by atoms with E-state index in [0.29, 0.717) is 25.0 Å². The summed E-state index contributed by atoms with van der Waals surface area (Å²) < 4.78 is 13.9. The van der Waals surface area contributed by atoms with Crippen molar-refractivity contribution in [1.82, 2.24) is 9.78 Å². The molecule has 1 unspecified atom stereocenters. The van der Waals surface area contributed by atoms with Gasteiger partial charge in [-0.25, -0.2) is 9.18 Å². The largest absolute Gasteiger partial charge is 0.463 e. The molecular formula is C18H14FN3O3. The van der Waals surface area contributed by atoms with E-state index in [-0.39, 0.29) is 17.1 Å². The Balaban J connectivity index is 1.81. The van der Waals surface area contributed by atoms with E-state index in [1.807, 2.05) is 6.07 Å². The number of fused-ring (bicyclic) bond motifs is 1. The summed E-state index contributed by atoms with van der Waals surface area (Å²) in [5, 5.41) is 22.2. The van der Waals surface area contributed by atoms with Crippen LogP contribution >= 0.6 is 0 Å². The first-order valence-electron chi connectivity index (χ1n) is 7.71. The molecule has 1 aromatic carbocycles. The van der Waals surface area contributed by atoms with Gasteiger partial charge in [0.2, 0.25) is 5.78 Å². The Hall–Kier alpha value is -3.27. The lowest BCUT2D eigenvalue weighted by Crippen LogP contribution is -2.19. The van der Waals surface area contributed by atoms with Gasteiger partial charge in [0.15, 0.2) is 0 Å². The van der Waals surface area contributed by atoms with Crippen LogP contribution in [0.5, 0.6) is 0 Å². The van der Waals surface area contributed by atoms with E-state index >= 15 is 0 Å². The highest BCUT2D eigenvalue weighted by Gasteiger charge is 2.24. The fraction of sp³-hybridized carbons (Fsp3) is 0.222. The van der Waals surface area contributed by atoms with Crippen LogP contribution in [0, 0.1) is 23.1 Å². The number of hydrogen-bond acceptors (Lipinski definition) is 4. The molecule has 1 aromatic heterocycles. The predicted octanol–water partition coefficient (Wildman–Crippen LogP) is 2.99. The lowest BCUT2D eigenvalue weighted by atomic mass is 9.85. The summed E-state index contributed by atoms with van der Waals surface area (Å²) in [6.07, 6.45) is 3.65. The average molecular weight is 339 g/mol. The molecule has 1 aliphatic rings. The fourth-order valence-electron chi connectivity index (χ4n) is 3.01. The molecule has 0 spiro atoms. The SMILES string of the molecule is N#CC(=CC1CCc2c(cnn2C(=O)O)C1)C(=O)c1ccc(F)cc1. The Kier molecular flexibility index (Phi) is 4.44. The zero-order valence-electron chi connectivity index (χ0n) is 13.1. The molecule has 0 saturated heterocycles. The van der Waals surface area contributed by atoms with Gasteiger partial charge in [-0.05, 0) is 55.0 Å². The lowest BCUT2D eigenvalue weighted by Gasteiger charge is -2.19. The third kappa shape index (κ3) is 3.33. The van der Waals surface area contributed by atoms with Crippen molar-refractivity contribution in [3.63, 3.8) is 0 Å². The second-order valence-electron chi connectivity index (χ2n) is 5.84. The van der Waals surface area contributed by atoms with Crippen LogP contribution in [0.4, 0.5) is 9.18 Å². The Bertz CT molecular complexity index is 907. The van der Waals surface area contributed by atoms with E-state index < -0.39 is 17.7 Å². The van der Waals surface area contributed by atoms with E-state index in [0.717, 1.165) is 10.2 Å². The summed E-state index contributed by atoms with van der Waals surface area (Å²) in [6, 6.07) is 6.96. The fourth-order valence-corrected chi connectivity index (χ4v) is 3.01. The number of hydrogen-bond donors (Lipinski definition) is 1. The van der Waals surface area contributed by atoms with Gasteiger partial charge in [-0.2, -0.15) is 15.0 Å². The molecule has 25 heavy (non-hydrogen) atoms. The van der Waals surface area contributed by atoms with Crippen LogP contribution in [-0.2, 0) is 12.8 Å². The quantitative estimate of drug-likeness (QED) is 0.527. The molecule has 6 nitrogen and oxygen atoms in total. The van der Waals surface area contributed by atoms with Crippen LogP contribution in [0.2, 0.25) is 0 Å².